The Morgan fingerprint density at radius 1 is 0.909 bits per heavy atom. The molecule has 0 heterocycles. The maximum Gasteiger partial charge on any atom is 0.276 e. The molecular weight excluding hydrogens is 466 g/mol. The van der Waals surface area contributed by atoms with Crippen molar-refractivity contribution in [2.24, 2.45) is 0 Å². The zero-order chi connectivity index (χ0) is 24.0. The number of benzene rings is 3. The first kappa shape index (κ1) is 24.1. The van der Waals surface area contributed by atoms with Crippen LogP contribution in [0.2, 0.25) is 5.02 Å². The number of hydrazine groups is 1. The summed E-state index contributed by atoms with van der Waals surface area (Å²) < 4.78 is 33.1. The molecule has 3 aromatic rings. The molecule has 0 spiro atoms. The fourth-order valence-corrected chi connectivity index (χ4v) is 4.10. The monoisotopic (exact) mass is 487 g/mol. The summed E-state index contributed by atoms with van der Waals surface area (Å²) in [5, 5.41) is 0.237. The van der Waals surface area contributed by atoms with E-state index in [4.69, 9.17) is 16.3 Å². The van der Waals surface area contributed by atoms with E-state index in [1.165, 1.54) is 30.3 Å². The molecule has 0 aliphatic rings. The minimum Gasteiger partial charge on any atom is -0.484 e. The molecule has 3 aromatic carbocycles. The summed E-state index contributed by atoms with van der Waals surface area (Å²) in [6.07, 6.45) is 0. The van der Waals surface area contributed by atoms with Crippen LogP contribution in [0.25, 0.3) is 0 Å². The Morgan fingerprint density at radius 3 is 2.39 bits per heavy atom. The molecule has 0 radical (unpaired) electrons. The molecule has 0 fully saturated rings. The van der Waals surface area contributed by atoms with E-state index in [0.717, 1.165) is 11.1 Å². The molecule has 33 heavy (non-hydrogen) atoms. The molecule has 3 N–H and O–H groups in total. The van der Waals surface area contributed by atoms with Gasteiger partial charge in [0.25, 0.3) is 21.8 Å². The molecule has 0 saturated carbocycles. The van der Waals surface area contributed by atoms with E-state index >= 15 is 0 Å². The Morgan fingerprint density at radius 2 is 1.67 bits per heavy atom. The lowest BCUT2D eigenvalue weighted by Crippen LogP contribution is -2.43. The summed E-state index contributed by atoms with van der Waals surface area (Å²) in [5.74, 6) is -0.737. The smallest absolute Gasteiger partial charge is 0.276 e. The molecule has 10 heteroatoms. The third-order valence-electron chi connectivity index (χ3n) is 4.69. The standard InChI is InChI=1S/C23H22ClN3O5S/c1-15-10-11-18(12-16(15)2)32-14-22(28)25-26-23(29)17-6-5-7-19(13-17)33(30,31)27-21-9-4-3-8-20(21)24/h3-13,27H,14H2,1-2H3,(H,25,28)(H,26,29). The lowest BCUT2D eigenvalue weighted by Gasteiger charge is -2.12. The fraction of sp³-hybridized carbons (Fsp3) is 0.130. The molecule has 0 aliphatic heterocycles. The van der Waals surface area contributed by atoms with Gasteiger partial charge in [-0.3, -0.25) is 25.2 Å². The van der Waals surface area contributed by atoms with E-state index in [1.54, 1.807) is 24.3 Å². The molecule has 2 amide bonds. The molecule has 0 unspecified atom stereocenters. The Kier molecular flexibility index (Phi) is 7.57. The number of aryl methyl sites for hydroxylation is 2. The number of ether oxygens (including phenoxy) is 1. The number of carbonyl (C=O) groups excluding carboxylic acids is 2. The van der Waals surface area contributed by atoms with Crippen LogP contribution in [0.5, 0.6) is 5.75 Å². The van der Waals surface area contributed by atoms with Gasteiger partial charge in [0.1, 0.15) is 5.75 Å². The molecule has 0 atom stereocenters. The molecule has 8 nitrogen and oxygen atoms in total. The first-order valence-electron chi connectivity index (χ1n) is 9.82. The predicted octanol–water partition coefficient (Wildman–Crippen LogP) is 3.60. The molecule has 0 aromatic heterocycles. The first-order valence-corrected chi connectivity index (χ1v) is 11.7. The van der Waals surface area contributed by atoms with Gasteiger partial charge in [-0.15, -0.1) is 0 Å². The van der Waals surface area contributed by atoms with Crippen LogP contribution in [-0.2, 0) is 14.8 Å². The number of nitrogens with one attached hydrogen (secondary N) is 3. The normalized spacial score (nSPS) is 10.9. The summed E-state index contributed by atoms with van der Waals surface area (Å²) >= 11 is 6.01. The van der Waals surface area contributed by atoms with Gasteiger partial charge in [0.05, 0.1) is 15.6 Å². The zero-order valence-electron chi connectivity index (χ0n) is 17.9. The maximum absolute atomic E-state index is 12.7. The number of rotatable bonds is 7. The third-order valence-corrected chi connectivity index (χ3v) is 6.38. The van der Waals surface area contributed by atoms with Crippen molar-refractivity contribution in [3.63, 3.8) is 0 Å². The van der Waals surface area contributed by atoms with Gasteiger partial charge in [-0.1, -0.05) is 35.9 Å². The Bertz CT molecular complexity index is 1290. The lowest BCUT2D eigenvalue weighted by molar-refractivity contribution is -0.123. The summed E-state index contributed by atoms with van der Waals surface area (Å²) in [4.78, 5) is 24.3. The largest absolute Gasteiger partial charge is 0.484 e. The second-order valence-electron chi connectivity index (χ2n) is 7.15. The highest BCUT2D eigenvalue weighted by molar-refractivity contribution is 7.92. The summed E-state index contributed by atoms with van der Waals surface area (Å²) in [5.41, 5.74) is 6.85. The van der Waals surface area contributed by atoms with Crippen molar-refractivity contribution in [3.05, 3.63) is 88.4 Å². The topological polar surface area (TPSA) is 114 Å². The highest BCUT2D eigenvalue weighted by atomic mass is 35.5. The molecule has 0 bridgehead atoms. The summed E-state index contributed by atoms with van der Waals surface area (Å²) in [6.45, 7) is 3.59. The summed E-state index contributed by atoms with van der Waals surface area (Å²) in [6, 6.07) is 17.2. The van der Waals surface area contributed by atoms with Gasteiger partial charge in [-0.25, -0.2) is 8.42 Å². The number of hydrogen-bond donors (Lipinski definition) is 3. The van der Waals surface area contributed by atoms with Crippen LogP contribution in [0.1, 0.15) is 21.5 Å². The number of anilines is 1. The number of amides is 2. The van der Waals surface area contributed by atoms with E-state index in [9.17, 15) is 18.0 Å². The zero-order valence-corrected chi connectivity index (χ0v) is 19.5. The van der Waals surface area contributed by atoms with E-state index in [0.29, 0.717) is 5.75 Å². The van der Waals surface area contributed by atoms with Gasteiger partial charge in [0.15, 0.2) is 6.61 Å². The van der Waals surface area contributed by atoms with Crippen molar-refractivity contribution in [1.82, 2.24) is 10.9 Å². The summed E-state index contributed by atoms with van der Waals surface area (Å²) in [7, 11) is -3.99. The van der Waals surface area contributed by atoms with Gasteiger partial charge in [0.2, 0.25) is 0 Å². The van der Waals surface area contributed by atoms with Gasteiger partial charge in [-0.05, 0) is 67.4 Å². The van der Waals surface area contributed by atoms with Crippen LogP contribution in [0.4, 0.5) is 5.69 Å². The predicted molar refractivity (Wildman–Crippen MR) is 126 cm³/mol. The van der Waals surface area contributed by atoms with Gasteiger partial charge >= 0.3 is 0 Å². The molecule has 0 saturated heterocycles. The highest BCUT2D eigenvalue weighted by Gasteiger charge is 2.18. The quantitative estimate of drug-likeness (QED) is 0.441. The van der Waals surface area contributed by atoms with Crippen molar-refractivity contribution < 1.29 is 22.7 Å². The molecular formula is C23H22ClN3O5S. The first-order chi connectivity index (χ1) is 15.7. The van der Waals surface area contributed by atoms with Crippen LogP contribution in [-0.4, -0.2) is 26.8 Å². The van der Waals surface area contributed by atoms with Crippen LogP contribution in [0.15, 0.2) is 71.6 Å². The third kappa shape index (κ3) is 6.47. The van der Waals surface area contributed by atoms with Crippen LogP contribution in [0, 0.1) is 13.8 Å². The molecule has 172 valence electrons. The van der Waals surface area contributed by atoms with Crippen LogP contribution < -0.4 is 20.3 Å². The number of halogens is 1. The second kappa shape index (κ2) is 10.4. The Hall–Kier alpha value is -3.56. The second-order valence-corrected chi connectivity index (χ2v) is 9.24. The van der Waals surface area contributed by atoms with Gasteiger partial charge < -0.3 is 4.74 Å². The fourth-order valence-electron chi connectivity index (χ4n) is 2.74. The van der Waals surface area contributed by atoms with E-state index in [1.807, 2.05) is 26.0 Å². The lowest BCUT2D eigenvalue weighted by atomic mass is 10.1. The minimum atomic E-state index is -3.99. The highest BCUT2D eigenvalue weighted by Crippen LogP contribution is 2.24. The van der Waals surface area contributed by atoms with E-state index in [-0.39, 0.29) is 27.8 Å². The average Bonchev–Trinajstić information content (AvgIpc) is 2.79. The van der Waals surface area contributed by atoms with Crippen LogP contribution >= 0.6 is 11.6 Å². The van der Waals surface area contributed by atoms with Crippen LogP contribution in [0.3, 0.4) is 0 Å². The van der Waals surface area contributed by atoms with Crippen molar-refractivity contribution in [1.29, 1.82) is 0 Å². The van der Waals surface area contributed by atoms with Crippen molar-refractivity contribution in [2.75, 3.05) is 11.3 Å². The van der Waals surface area contributed by atoms with Crippen molar-refractivity contribution >= 4 is 39.1 Å². The molecule has 3 rings (SSSR count). The van der Waals surface area contributed by atoms with Gasteiger partial charge in [0, 0.05) is 5.56 Å². The number of carbonyl (C=O) groups is 2. The van der Waals surface area contributed by atoms with Crippen molar-refractivity contribution in [2.45, 2.75) is 18.7 Å². The average molecular weight is 488 g/mol. The minimum absolute atomic E-state index is 0.0346. The molecule has 0 aliphatic carbocycles. The van der Waals surface area contributed by atoms with Crippen molar-refractivity contribution in [3.8, 4) is 5.75 Å². The Labute approximate surface area is 196 Å². The van der Waals surface area contributed by atoms with Gasteiger partial charge in [-0.2, -0.15) is 0 Å². The SMILES string of the molecule is Cc1ccc(OCC(=O)NNC(=O)c2cccc(S(=O)(=O)Nc3ccccc3Cl)c2)cc1C. The maximum atomic E-state index is 12.7. The number of sulfonamides is 1. The van der Waals surface area contributed by atoms with E-state index in [2.05, 4.69) is 15.6 Å². The number of para-hydroxylation sites is 1. The number of hydrogen-bond acceptors (Lipinski definition) is 5. The Balaban J connectivity index is 1.59. The van der Waals surface area contributed by atoms with E-state index < -0.39 is 21.8 Å².